The normalized spacial score (nSPS) is 17.7. The van der Waals surface area contributed by atoms with Crippen LogP contribution in [0.4, 0.5) is 0 Å². The van der Waals surface area contributed by atoms with Crippen molar-refractivity contribution in [3.63, 3.8) is 0 Å². The monoisotopic (exact) mass is 296 g/mol. The Morgan fingerprint density at radius 2 is 1.75 bits per heavy atom. The van der Waals surface area contributed by atoms with Crippen LogP contribution in [0.3, 0.4) is 0 Å². The second kappa shape index (κ2) is 5.84. The number of nitrogens with two attached hydrogens (primary N) is 1. The van der Waals surface area contributed by atoms with Gasteiger partial charge in [0.1, 0.15) is 0 Å². The lowest BCUT2D eigenvalue weighted by atomic mass is 10.1. The summed E-state index contributed by atoms with van der Waals surface area (Å²) in [6, 6.07) is 7.06. The van der Waals surface area contributed by atoms with Crippen LogP contribution < -0.4 is 5.73 Å². The molecule has 1 unspecified atom stereocenters. The van der Waals surface area contributed by atoms with Crippen LogP contribution in [0.1, 0.15) is 45.2 Å². The summed E-state index contributed by atoms with van der Waals surface area (Å²) in [6.45, 7) is 6.56. The summed E-state index contributed by atoms with van der Waals surface area (Å²) in [7, 11) is -3.38. The molecule has 1 saturated carbocycles. The molecule has 2 N–H and O–H groups in total. The summed E-state index contributed by atoms with van der Waals surface area (Å²) in [5.41, 5.74) is 6.75. The van der Waals surface area contributed by atoms with Crippen molar-refractivity contribution in [3.8, 4) is 0 Å². The van der Waals surface area contributed by atoms with Crippen molar-refractivity contribution >= 4 is 10.0 Å². The maximum Gasteiger partial charge on any atom is 0.243 e. The highest BCUT2D eigenvalue weighted by atomic mass is 32.2. The molecular weight excluding hydrogens is 272 g/mol. The molecule has 0 radical (unpaired) electrons. The molecule has 4 nitrogen and oxygen atoms in total. The molecule has 1 aromatic carbocycles. The zero-order chi connectivity index (χ0) is 14.9. The van der Waals surface area contributed by atoms with Crippen LogP contribution in [0.2, 0.25) is 0 Å². The molecule has 0 aromatic heterocycles. The molecule has 1 aliphatic carbocycles. The third-order valence-electron chi connectivity index (χ3n) is 3.51. The molecule has 0 amide bonds. The van der Waals surface area contributed by atoms with E-state index >= 15 is 0 Å². The van der Waals surface area contributed by atoms with Crippen LogP contribution in [-0.4, -0.2) is 25.3 Å². The Morgan fingerprint density at radius 1 is 1.20 bits per heavy atom. The van der Waals surface area contributed by atoms with Crippen LogP contribution in [0.5, 0.6) is 0 Å². The van der Waals surface area contributed by atoms with Crippen molar-refractivity contribution < 1.29 is 8.42 Å². The number of benzene rings is 1. The summed E-state index contributed by atoms with van der Waals surface area (Å²) >= 11 is 0. The van der Waals surface area contributed by atoms with Crippen molar-refractivity contribution in [3.05, 3.63) is 29.8 Å². The Bertz CT molecular complexity index is 546. The summed E-state index contributed by atoms with van der Waals surface area (Å²) < 4.78 is 27.1. The van der Waals surface area contributed by atoms with Crippen LogP contribution in [0.15, 0.2) is 29.2 Å². The van der Waals surface area contributed by atoms with Crippen LogP contribution in [0.25, 0.3) is 0 Å². The van der Waals surface area contributed by atoms with E-state index in [9.17, 15) is 8.42 Å². The molecule has 1 aliphatic rings. The summed E-state index contributed by atoms with van der Waals surface area (Å²) in [4.78, 5) is 0.370. The van der Waals surface area contributed by atoms with Crippen molar-refractivity contribution in [2.75, 3.05) is 6.54 Å². The average Bonchev–Trinajstić information content (AvgIpc) is 3.20. The second-order valence-electron chi connectivity index (χ2n) is 6.06. The summed E-state index contributed by atoms with van der Waals surface area (Å²) in [6.07, 6.45) is 1.95. The third kappa shape index (κ3) is 3.40. The van der Waals surface area contributed by atoms with Gasteiger partial charge in [0, 0.05) is 18.6 Å². The quantitative estimate of drug-likeness (QED) is 0.877. The van der Waals surface area contributed by atoms with Gasteiger partial charge >= 0.3 is 0 Å². The Labute approximate surface area is 122 Å². The molecule has 1 atom stereocenters. The molecule has 112 valence electrons. The predicted octanol–water partition coefficient (Wildman–Crippen LogP) is 2.52. The molecule has 0 bridgehead atoms. The molecule has 0 spiro atoms. The molecule has 0 saturated heterocycles. The fourth-order valence-corrected chi connectivity index (χ4v) is 4.09. The summed E-state index contributed by atoms with van der Waals surface area (Å²) in [5, 5.41) is 0. The van der Waals surface area contributed by atoms with Crippen LogP contribution in [0, 0.1) is 5.92 Å². The molecular formula is C15H24N2O2S. The van der Waals surface area contributed by atoms with Gasteiger partial charge in [0.2, 0.25) is 10.0 Å². The number of rotatable bonds is 6. The number of sulfonamides is 1. The number of nitrogens with zero attached hydrogens (tertiary/aromatic N) is 1. The van der Waals surface area contributed by atoms with Gasteiger partial charge < -0.3 is 5.73 Å². The summed E-state index contributed by atoms with van der Waals surface area (Å²) in [5.74, 6) is 0.328. The maximum absolute atomic E-state index is 12.7. The van der Waals surface area contributed by atoms with E-state index in [0.29, 0.717) is 17.4 Å². The molecule has 1 fully saturated rings. The van der Waals surface area contributed by atoms with Crippen LogP contribution in [-0.2, 0) is 10.0 Å². The molecule has 0 aliphatic heterocycles. The lowest BCUT2D eigenvalue weighted by Crippen LogP contribution is -2.36. The van der Waals surface area contributed by atoms with Gasteiger partial charge in [0.25, 0.3) is 0 Å². The molecule has 0 heterocycles. The van der Waals surface area contributed by atoms with E-state index in [0.717, 1.165) is 18.4 Å². The van der Waals surface area contributed by atoms with Crippen molar-refractivity contribution in [2.45, 2.75) is 50.6 Å². The van der Waals surface area contributed by atoms with Crippen molar-refractivity contribution in [1.82, 2.24) is 4.31 Å². The molecule has 20 heavy (non-hydrogen) atoms. The SMILES string of the molecule is CC(C)CN(C1CC1)S(=O)(=O)c1ccc(C(C)N)cc1. The topological polar surface area (TPSA) is 63.4 Å². The zero-order valence-corrected chi connectivity index (χ0v) is 13.2. The van der Waals surface area contributed by atoms with E-state index in [1.807, 2.05) is 20.8 Å². The molecule has 1 aromatic rings. The van der Waals surface area contributed by atoms with E-state index in [2.05, 4.69) is 0 Å². The van der Waals surface area contributed by atoms with Gasteiger partial charge in [0.05, 0.1) is 4.90 Å². The minimum absolute atomic E-state index is 0.0815. The lowest BCUT2D eigenvalue weighted by molar-refractivity contribution is 0.360. The van der Waals surface area contributed by atoms with Gasteiger partial charge in [-0.15, -0.1) is 0 Å². The van der Waals surface area contributed by atoms with Gasteiger partial charge in [-0.05, 0) is 43.4 Å². The van der Waals surface area contributed by atoms with E-state index in [-0.39, 0.29) is 12.1 Å². The predicted molar refractivity (Wildman–Crippen MR) is 80.8 cm³/mol. The minimum Gasteiger partial charge on any atom is -0.324 e. The highest BCUT2D eigenvalue weighted by molar-refractivity contribution is 7.89. The van der Waals surface area contributed by atoms with E-state index in [1.165, 1.54) is 0 Å². The van der Waals surface area contributed by atoms with Gasteiger partial charge in [0.15, 0.2) is 0 Å². The first-order valence-corrected chi connectivity index (χ1v) is 8.63. The highest BCUT2D eigenvalue weighted by Crippen LogP contribution is 2.32. The van der Waals surface area contributed by atoms with E-state index < -0.39 is 10.0 Å². The largest absolute Gasteiger partial charge is 0.324 e. The smallest absolute Gasteiger partial charge is 0.243 e. The molecule has 2 rings (SSSR count). The van der Waals surface area contributed by atoms with Gasteiger partial charge in [-0.2, -0.15) is 4.31 Å². The van der Waals surface area contributed by atoms with Gasteiger partial charge in [-0.25, -0.2) is 8.42 Å². The first-order valence-electron chi connectivity index (χ1n) is 7.19. The maximum atomic E-state index is 12.7. The average molecular weight is 296 g/mol. The van der Waals surface area contributed by atoms with Crippen molar-refractivity contribution in [2.24, 2.45) is 11.7 Å². The highest BCUT2D eigenvalue weighted by Gasteiger charge is 2.38. The number of hydrogen-bond acceptors (Lipinski definition) is 3. The van der Waals surface area contributed by atoms with Crippen molar-refractivity contribution in [1.29, 1.82) is 0 Å². The van der Waals surface area contributed by atoms with E-state index in [4.69, 9.17) is 5.73 Å². The van der Waals surface area contributed by atoms with Crippen LogP contribution >= 0.6 is 0 Å². The third-order valence-corrected chi connectivity index (χ3v) is 5.44. The molecule has 5 heteroatoms. The van der Waals surface area contributed by atoms with Gasteiger partial charge in [-0.3, -0.25) is 0 Å². The fraction of sp³-hybridized carbons (Fsp3) is 0.600. The first-order chi connectivity index (χ1) is 9.32. The Hall–Kier alpha value is -0.910. The Balaban J connectivity index is 2.27. The fourth-order valence-electron chi connectivity index (χ4n) is 2.24. The standard InChI is InChI=1S/C15H24N2O2S/c1-11(2)10-17(14-6-7-14)20(18,19)15-8-4-13(5-9-15)12(3)16/h4-5,8-9,11-12,14H,6-7,10,16H2,1-3H3. The zero-order valence-electron chi connectivity index (χ0n) is 12.4. The second-order valence-corrected chi connectivity index (χ2v) is 7.95. The van der Waals surface area contributed by atoms with E-state index in [1.54, 1.807) is 28.6 Å². The number of hydrogen-bond donors (Lipinski definition) is 1. The lowest BCUT2D eigenvalue weighted by Gasteiger charge is -2.24. The minimum atomic E-state index is -3.38. The first kappa shape index (κ1) is 15.5. The Morgan fingerprint density at radius 3 is 2.15 bits per heavy atom. The Kier molecular flexibility index (Phi) is 4.52. The van der Waals surface area contributed by atoms with Gasteiger partial charge in [-0.1, -0.05) is 26.0 Å².